The van der Waals surface area contributed by atoms with E-state index in [-0.39, 0.29) is 18.0 Å². The molecule has 4 aromatic carbocycles. The van der Waals surface area contributed by atoms with Gasteiger partial charge < -0.3 is 30.0 Å². The van der Waals surface area contributed by atoms with Gasteiger partial charge in [-0.1, -0.05) is 32.0 Å². The minimum Gasteiger partial charge on any atom is -0.493 e. The van der Waals surface area contributed by atoms with Crippen LogP contribution >= 0.6 is 0 Å². The number of hydrogen-bond acceptors (Lipinski definition) is 5. The average molecular weight is 591 g/mol. The smallest absolute Gasteiger partial charge is 0.319 e. The second-order valence-electron chi connectivity index (χ2n) is 10.2. The first kappa shape index (κ1) is 29.9. The second kappa shape index (κ2) is 13.6. The van der Waals surface area contributed by atoms with E-state index in [0.717, 1.165) is 35.7 Å². The molecule has 0 unspecified atom stereocenters. The summed E-state index contributed by atoms with van der Waals surface area (Å²) in [5, 5.41) is 9.54. The molecule has 1 aromatic heterocycles. The lowest BCUT2D eigenvalue weighted by Crippen LogP contribution is -2.37. The minimum absolute atomic E-state index is 0.133. The lowest BCUT2D eigenvalue weighted by atomic mass is 10.1. The number of aldehydes is 1. The molecule has 5 aromatic rings. The molecule has 9 heteroatoms. The molecule has 0 saturated heterocycles. The number of fused-ring (bicyclic) bond motifs is 1. The van der Waals surface area contributed by atoms with Crippen molar-refractivity contribution in [3.05, 3.63) is 108 Å². The molecule has 0 spiro atoms. The molecular weight excluding hydrogens is 556 g/mol. The first-order chi connectivity index (χ1) is 21.4. The third-order valence-corrected chi connectivity index (χ3v) is 7.36. The van der Waals surface area contributed by atoms with Crippen molar-refractivity contribution in [2.45, 2.75) is 32.7 Å². The topological polar surface area (TPSA) is 111 Å². The number of hydrogen-bond donors (Lipinski definition) is 3. The molecule has 0 fully saturated rings. The summed E-state index contributed by atoms with van der Waals surface area (Å²) in [4.78, 5) is 36.8. The van der Waals surface area contributed by atoms with Gasteiger partial charge in [0.05, 0.1) is 12.6 Å². The van der Waals surface area contributed by atoms with Crippen molar-refractivity contribution in [2.75, 3.05) is 17.7 Å². The SMILES string of the molecule is CCC(CC)NC(=O)Nc1ccc(Oc2ccc(NC(=O)c3ccc(-n4cc(C=O)c5ccccc54)cc3)cc2OC)cc1. The van der Waals surface area contributed by atoms with Gasteiger partial charge in [0, 0.05) is 51.9 Å². The molecule has 5 rings (SSSR count). The quantitative estimate of drug-likeness (QED) is 0.136. The van der Waals surface area contributed by atoms with E-state index in [1.165, 1.54) is 7.11 Å². The summed E-state index contributed by atoms with van der Waals surface area (Å²) in [5.74, 6) is 1.18. The summed E-state index contributed by atoms with van der Waals surface area (Å²) in [6, 6.07) is 26.9. The van der Waals surface area contributed by atoms with Gasteiger partial charge in [-0.25, -0.2) is 4.79 Å². The second-order valence-corrected chi connectivity index (χ2v) is 10.2. The Balaban J connectivity index is 1.23. The van der Waals surface area contributed by atoms with Gasteiger partial charge in [0.15, 0.2) is 17.8 Å². The number of carbonyl (C=O) groups excluding carboxylic acids is 3. The maximum absolute atomic E-state index is 13.0. The zero-order chi connectivity index (χ0) is 31.1. The monoisotopic (exact) mass is 590 g/mol. The lowest BCUT2D eigenvalue weighted by Gasteiger charge is -2.16. The normalized spacial score (nSPS) is 10.8. The Morgan fingerprint density at radius 2 is 1.55 bits per heavy atom. The Morgan fingerprint density at radius 1 is 0.841 bits per heavy atom. The number of benzene rings is 4. The van der Waals surface area contributed by atoms with E-state index in [0.29, 0.717) is 39.8 Å². The fourth-order valence-electron chi connectivity index (χ4n) is 4.90. The highest BCUT2D eigenvalue weighted by Gasteiger charge is 2.13. The zero-order valence-corrected chi connectivity index (χ0v) is 24.8. The number of nitrogens with one attached hydrogen (secondary N) is 3. The van der Waals surface area contributed by atoms with E-state index in [1.54, 1.807) is 60.8 Å². The van der Waals surface area contributed by atoms with Gasteiger partial charge in [0.1, 0.15) is 5.75 Å². The Morgan fingerprint density at radius 3 is 2.23 bits per heavy atom. The Labute approximate surface area is 255 Å². The van der Waals surface area contributed by atoms with Crippen LogP contribution in [0.4, 0.5) is 16.2 Å². The average Bonchev–Trinajstić information content (AvgIpc) is 3.44. The van der Waals surface area contributed by atoms with Gasteiger partial charge in [-0.2, -0.15) is 0 Å². The Bertz CT molecular complexity index is 1770. The summed E-state index contributed by atoms with van der Waals surface area (Å²) in [7, 11) is 1.53. The maximum Gasteiger partial charge on any atom is 0.319 e. The fraction of sp³-hybridized carbons (Fsp3) is 0.171. The number of anilines is 2. The molecule has 3 amide bonds. The highest BCUT2D eigenvalue weighted by atomic mass is 16.5. The van der Waals surface area contributed by atoms with E-state index in [2.05, 4.69) is 16.0 Å². The van der Waals surface area contributed by atoms with Crippen LogP contribution in [0.15, 0.2) is 97.2 Å². The highest BCUT2D eigenvalue weighted by molar-refractivity contribution is 6.04. The van der Waals surface area contributed by atoms with Crippen LogP contribution in [0.3, 0.4) is 0 Å². The maximum atomic E-state index is 13.0. The van der Waals surface area contributed by atoms with Crippen LogP contribution in [0, 0.1) is 0 Å². The highest BCUT2D eigenvalue weighted by Crippen LogP contribution is 2.34. The first-order valence-corrected chi connectivity index (χ1v) is 14.4. The van der Waals surface area contributed by atoms with Crippen LogP contribution in [0.2, 0.25) is 0 Å². The van der Waals surface area contributed by atoms with Crippen LogP contribution in [-0.4, -0.2) is 35.9 Å². The summed E-state index contributed by atoms with van der Waals surface area (Å²) >= 11 is 0. The van der Waals surface area contributed by atoms with E-state index < -0.39 is 0 Å². The number of ether oxygens (including phenoxy) is 2. The van der Waals surface area contributed by atoms with Crippen molar-refractivity contribution in [3.63, 3.8) is 0 Å². The fourth-order valence-corrected chi connectivity index (χ4v) is 4.90. The number of aromatic nitrogens is 1. The third-order valence-electron chi connectivity index (χ3n) is 7.36. The van der Waals surface area contributed by atoms with Crippen LogP contribution in [0.5, 0.6) is 17.2 Å². The van der Waals surface area contributed by atoms with E-state index in [1.807, 2.05) is 54.8 Å². The summed E-state index contributed by atoms with van der Waals surface area (Å²) < 4.78 is 13.5. The van der Waals surface area contributed by atoms with Gasteiger partial charge in [0.2, 0.25) is 0 Å². The number of carbonyl (C=O) groups is 3. The largest absolute Gasteiger partial charge is 0.493 e. The number of amides is 3. The summed E-state index contributed by atoms with van der Waals surface area (Å²) in [5.41, 5.74) is 4.01. The molecule has 224 valence electrons. The number of methoxy groups -OCH3 is 1. The van der Waals surface area contributed by atoms with Crippen LogP contribution in [-0.2, 0) is 0 Å². The van der Waals surface area contributed by atoms with E-state index in [4.69, 9.17) is 9.47 Å². The zero-order valence-electron chi connectivity index (χ0n) is 24.8. The molecule has 0 aliphatic rings. The number of rotatable bonds is 11. The van der Waals surface area contributed by atoms with Crippen molar-refractivity contribution in [2.24, 2.45) is 0 Å². The van der Waals surface area contributed by atoms with Crippen molar-refractivity contribution >= 4 is 40.5 Å². The van der Waals surface area contributed by atoms with Gasteiger partial charge >= 0.3 is 6.03 Å². The van der Waals surface area contributed by atoms with Gasteiger partial charge in [-0.15, -0.1) is 0 Å². The molecule has 1 heterocycles. The standard InChI is InChI=1S/C35H34N4O5/c1-4-25(5-2)37-35(42)38-26-12-17-29(18-13-26)44-32-19-14-27(20-33(32)43-3)36-34(41)23-10-15-28(16-11-23)39-21-24(22-40)30-8-6-7-9-31(30)39/h6-22,25H,4-5H2,1-3H3,(H,36,41)(H2,37,38,42). The third kappa shape index (κ3) is 6.73. The number of urea groups is 1. The van der Waals surface area contributed by atoms with Gasteiger partial charge in [-0.05, 0) is 79.6 Å². The Hall–Kier alpha value is -5.57. The number of para-hydroxylation sites is 1. The van der Waals surface area contributed by atoms with Gasteiger partial charge in [0.25, 0.3) is 5.91 Å². The lowest BCUT2D eigenvalue weighted by molar-refractivity contribution is 0.102. The first-order valence-electron chi connectivity index (χ1n) is 14.4. The predicted molar refractivity (Wildman–Crippen MR) is 173 cm³/mol. The molecule has 0 atom stereocenters. The summed E-state index contributed by atoms with van der Waals surface area (Å²) in [6.07, 6.45) is 4.37. The van der Waals surface area contributed by atoms with Crippen LogP contribution in [0.1, 0.15) is 47.4 Å². The van der Waals surface area contributed by atoms with Crippen molar-refractivity contribution in [1.82, 2.24) is 9.88 Å². The molecule has 0 aliphatic heterocycles. The van der Waals surface area contributed by atoms with E-state index >= 15 is 0 Å². The number of nitrogens with zero attached hydrogens (tertiary/aromatic N) is 1. The van der Waals surface area contributed by atoms with Crippen LogP contribution < -0.4 is 25.4 Å². The molecule has 44 heavy (non-hydrogen) atoms. The van der Waals surface area contributed by atoms with Crippen LogP contribution in [0.25, 0.3) is 16.6 Å². The molecule has 3 N–H and O–H groups in total. The molecule has 0 bridgehead atoms. The van der Waals surface area contributed by atoms with Crippen molar-refractivity contribution in [1.29, 1.82) is 0 Å². The molecular formula is C35H34N4O5. The molecule has 9 nitrogen and oxygen atoms in total. The predicted octanol–water partition coefficient (Wildman–Crippen LogP) is 7.81. The van der Waals surface area contributed by atoms with Crippen molar-refractivity contribution < 1.29 is 23.9 Å². The van der Waals surface area contributed by atoms with E-state index in [9.17, 15) is 14.4 Å². The van der Waals surface area contributed by atoms with Crippen molar-refractivity contribution in [3.8, 4) is 22.9 Å². The molecule has 0 radical (unpaired) electrons. The Kier molecular flexibility index (Phi) is 9.25. The molecule has 0 saturated carbocycles. The summed E-state index contributed by atoms with van der Waals surface area (Å²) in [6.45, 7) is 4.07. The molecule has 0 aliphatic carbocycles. The van der Waals surface area contributed by atoms with Gasteiger partial charge in [-0.3, -0.25) is 9.59 Å². The minimum atomic E-state index is -0.283.